The number of nitrogens with zero attached hydrogens (tertiary/aromatic N) is 1. The molecule has 2 aromatic heterocycles. The summed E-state index contributed by atoms with van der Waals surface area (Å²) in [5, 5.41) is 0.985. The maximum Gasteiger partial charge on any atom is 0.153 e. The third-order valence-corrected chi connectivity index (χ3v) is 3.64. The van der Waals surface area contributed by atoms with Crippen LogP contribution in [-0.2, 0) is 0 Å². The topological polar surface area (TPSA) is 52.0 Å². The summed E-state index contributed by atoms with van der Waals surface area (Å²) in [7, 11) is 0. The fourth-order valence-corrected chi connectivity index (χ4v) is 2.59. The second kappa shape index (κ2) is 4.39. The van der Waals surface area contributed by atoms with Gasteiger partial charge in [-0.1, -0.05) is 13.8 Å². The van der Waals surface area contributed by atoms with Crippen LogP contribution in [0.3, 0.4) is 0 Å². The van der Waals surface area contributed by atoms with Crippen molar-refractivity contribution in [3.63, 3.8) is 0 Å². The summed E-state index contributed by atoms with van der Waals surface area (Å²) >= 11 is 1.65. The molecule has 0 amide bonds. The molecule has 3 nitrogen and oxygen atoms in total. The number of rotatable bonds is 3. The normalized spacial score (nSPS) is 13.3. The van der Waals surface area contributed by atoms with E-state index in [9.17, 15) is 0 Å². The van der Waals surface area contributed by atoms with E-state index in [0.29, 0.717) is 5.92 Å². The molecule has 2 N–H and O–H groups in total. The van der Waals surface area contributed by atoms with E-state index in [2.05, 4.69) is 18.8 Å². The van der Waals surface area contributed by atoms with Crippen LogP contribution in [0.25, 0.3) is 11.5 Å². The van der Waals surface area contributed by atoms with E-state index in [1.165, 1.54) is 0 Å². The number of thiazole rings is 1. The van der Waals surface area contributed by atoms with E-state index in [1.807, 2.05) is 19.1 Å². The zero-order valence-electron chi connectivity index (χ0n) is 9.73. The highest BCUT2D eigenvalue weighted by atomic mass is 32.1. The van der Waals surface area contributed by atoms with Crippen LogP contribution < -0.4 is 5.73 Å². The fourth-order valence-electron chi connectivity index (χ4n) is 1.49. The number of furan rings is 1. The minimum absolute atomic E-state index is 0.00686. The number of nitrogens with two attached hydrogens (primary N) is 1. The van der Waals surface area contributed by atoms with Crippen LogP contribution in [0, 0.1) is 12.8 Å². The molecule has 2 aromatic rings. The molecule has 86 valence electrons. The maximum absolute atomic E-state index is 6.09. The van der Waals surface area contributed by atoms with Crippen LogP contribution in [0.15, 0.2) is 22.8 Å². The molecule has 1 unspecified atom stereocenters. The van der Waals surface area contributed by atoms with E-state index in [-0.39, 0.29) is 6.04 Å². The van der Waals surface area contributed by atoms with Crippen molar-refractivity contribution in [1.82, 2.24) is 4.98 Å². The first-order valence-electron chi connectivity index (χ1n) is 5.36. The molecule has 2 rings (SSSR count). The van der Waals surface area contributed by atoms with Crippen LogP contribution >= 0.6 is 11.3 Å². The Labute approximate surface area is 99.3 Å². The lowest BCUT2D eigenvalue weighted by Gasteiger charge is -2.11. The van der Waals surface area contributed by atoms with Gasteiger partial charge in [-0.2, -0.15) is 0 Å². The molecule has 1 atom stereocenters. The quantitative estimate of drug-likeness (QED) is 0.889. The van der Waals surface area contributed by atoms with Gasteiger partial charge in [-0.25, -0.2) is 4.98 Å². The zero-order valence-corrected chi connectivity index (χ0v) is 10.5. The summed E-state index contributed by atoms with van der Waals surface area (Å²) in [5.74, 6) is 1.21. The molecule has 0 bridgehead atoms. The van der Waals surface area contributed by atoms with Crippen LogP contribution in [0.2, 0.25) is 0 Å². The van der Waals surface area contributed by atoms with Gasteiger partial charge in [0.2, 0.25) is 0 Å². The second-order valence-electron chi connectivity index (χ2n) is 4.20. The average molecular weight is 236 g/mol. The van der Waals surface area contributed by atoms with Crippen molar-refractivity contribution in [3.05, 3.63) is 28.3 Å². The van der Waals surface area contributed by atoms with Gasteiger partial charge < -0.3 is 10.2 Å². The average Bonchev–Trinajstić information content (AvgIpc) is 2.84. The van der Waals surface area contributed by atoms with E-state index < -0.39 is 0 Å². The third-order valence-electron chi connectivity index (χ3n) is 2.57. The summed E-state index contributed by atoms with van der Waals surface area (Å²) < 4.78 is 5.36. The van der Waals surface area contributed by atoms with Gasteiger partial charge in [0.25, 0.3) is 0 Å². The fraction of sp³-hybridized carbons (Fsp3) is 0.417. The smallest absolute Gasteiger partial charge is 0.153 e. The Kier molecular flexibility index (Phi) is 3.12. The molecule has 0 spiro atoms. The van der Waals surface area contributed by atoms with E-state index in [0.717, 1.165) is 21.3 Å². The number of aromatic nitrogens is 1. The molecule has 0 radical (unpaired) electrons. The van der Waals surface area contributed by atoms with Gasteiger partial charge in [-0.05, 0) is 25.0 Å². The SMILES string of the molecule is Cc1sc(C(N)C(C)C)nc1-c1ccco1. The standard InChI is InChI=1S/C12H16N2OS/c1-7(2)10(13)12-14-11(8(3)16-12)9-5-4-6-15-9/h4-7,10H,13H2,1-3H3. The summed E-state index contributed by atoms with van der Waals surface area (Å²) in [6.07, 6.45) is 1.66. The predicted octanol–water partition coefficient (Wildman–Crippen LogP) is 3.37. The third kappa shape index (κ3) is 2.03. The van der Waals surface area contributed by atoms with Gasteiger partial charge in [0, 0.05) is 4.88 Å². The van der Waals surface area contributed by atoms with Gasteiger partial charge in [0.1, 0.15) is 10.7 Å². The summed E-state index contributed by atoms with van der Waals surface area (Å²) in [5.41, 5.74) is 7.01. The van der Waals surface area contributed by atoms with Gasteiger partial charge in [-0.3, -0.25) is 0 Å². The molecule has 2 heterocycles. The Hall–Kier alpha value is -1.13. The first-order valence-corrected chi connectivity index (χ1v) is 6.18. The number of hydrogen-bond donors (Lipinski definition) is 1. The van der Waals surface area contributed by atoms with Gasteiger partial charge in [-0.15, -0.1) is 11.3 Å². The lowest BCUT2D eigenvalue weighted by Crippen LogP contribution is -2.16. The Morgan fingerprint density at radius 3 is 2.75 bits per heavy atom. The highest BCUT2D eigenvalue weighted by molar-refractivity contribution is 7.12. The molecule has 0 aliphatic heterocycles. The lowest BCUT2D eigenvalue weighted by atomic mass is 10.1. The molecule has 0 aliphatic carbocycles. The minimum Gasteiger partial charge on any atom is -0.463 e. The first kappa shape index (κ1) is 11.4. The molecule has 0 aromatic carbocycles. The summed E-state index contributed by atoms with van der Waals surface area (Å²) in [6, 6.07) is 3.80. The van der Waals surface area contributed by atoms with Crippen molar-refractivity contribution < 1.29 is 4.42 Å². The Morgan fingerprint density at radius 1 is 1.44 bits per heavy atom. The van der Waals surface area contributed by atoms with Gasteiger partial charge in [0.05, 0.1) is 12.3 Å². The van der Waals surface area contributed by atoms with Crippen molar-refractivity contribution in [3.8, 4) is 11.5 Å². The van der Waals surface area contributed by atoms with Gasteiger partial charge >= 0.3 is 0 Å². The van der Waals surface area contributed by atoms with Crippen LogP contribution in [0.1, 0.15) is 29.8 Å². The monoisotopic (exact) mass is 236 g/mol. The van der Waals surface area contributed by atoms with E-state index >= 15 is 0 Å². The second-order valence-corrected chi connectivity index (χ2v) is 5.44. The molecular formula is C12H16N2OS. The largest absolute Gasteiger partial charge is 0.463 e. The van der Waals surface area contributed by atoms with Crippen molar-refractivity contribution in [1.29, 1.82) is 0 Å². The Bertz CT molecular complexity index is 459. The Morgan fingerprint density at radius 2 is 2.19 bits per heavy atom. The summed E-state index contributed by atoms with van der Waals surface area (Å²) in [4.78, 5) is 5.73. The first-order chi connectivity index (χ1) is 7.59. The van der Waals surface area contributed by atoms with E-state index in [4.69, 9.17) is 10.2 Å². The molecule has 0 saturated carbocycles. The zero-order chi connectivity index (χ0) is 11.7. The molecule has 4 heteroatoms. The molecule has 0 aliphatic rings. The molecular weight excluding hydrogens is 220 g/mol. The van der Waals surface area contributed by atoms with Crippen molar-refractivity contribution in [2.45, 2.75) is 26.8 Å². The summed E-state index contributed by atoms with van der Waals surface area (Å²) in [6.45, 7) is 6.26. The lowest BCUT2D eigenvalue weighted by molar-refractivity contribution is 0.511. The molecule has 0 fully saturated rings. The van der Waals surface area contributed by atoms with Crippen molar-refractivity contribution >= 4 is 11.3 Å². The van der Waals surface area contributed by atoms with Crippen LogP contribution in [-0.4, -0.2) is 4.98 Å². The van der Waals surface area contributed by atoms with Crippen LogP contribution in [0.5, 0.6) is 0 Å². The predicted molar refractivity (Wildman–Crippen MR) is 66.3 cm³/mol. The number of hydrogen-bond acceptors (Lipinski definition) is 4. The molecule has 16 heavy (non-hydrogen) atoms. The maximum atomic E-state index is 6.09. The van der Waals surface area contributed by atoms with Crippen molar-refractivity contribution in [2.24, 2.45) is 11.7 Å². The van der Waals surface area contributed by atoms with Gasteiger partial charge in [0.15, 0.2) is 5.76 Å². The highest BCUT2D eigenvalue weighted by Gasteiger charge is 2.18. The highest BCUT2D eigenvalue weighted by Crippen LogP contribution is 2.32. The van der Waals surface area contributed by atoms with Crippen molar-refractivity contribution in [2.75, 3.05) is 0 Å². The van der Waals surface area contributed by atoms with E-state index in [1.54, 1.807) is 17.6 Å². The van der Waals surface area contributed by atoms with Crippen LogP contribution in [0.4, 0.5) is 0 Å². The number of aryl methyl sites for hydroxylation is 1. The minimum atomic E-state index is 0.00686. The molecule has 0 saturated heterocycles. The Balaban J connectivity index is 2.36.